The Labute approximate surface area is 125 Å². The van der Waals surface area contributed by atoms with Gasteiger partial charge >= 0.3 is 0 Å². The van der Waals surface area contributed by atoms with E-state index in [2.05, 4.69) is 0 Å². The smallest absolute Gasteiger partial charge is 0.222 e. The van der Waals surface area contributed by atoms with Gasteiger partial charge in [0.05, 0.1) is 6.61 Å². The van der Waals surface area contributed by atoms with Crippen LogP contribution < -0.4 is 10.5 Å². The molecule has 1 aromatic carbocycles. The number of likely N-dealkylation sites (tertiary alicyclic amines) is 1. The maximum absolute atomic E-state index is 12.0. The van der Waals surface area contributed by atoms with Crippen LogP contribution in [0.4, 0.5) is 0 Å². The predicted octanol–water partition coefficient (Wildman–Crippen LogP) is 1.57. The monoisotopic (exact) mass is 290 g/mol. The molecule has 0 bridgehead atoms. The number of carbonyl (C=O) groups excluding carboxylic acids is 2. The van der Waals surface area contributed by atoms with Crippen molar-refractivity contribution >= 4 is 11.8 Å². The standard InChI is InChI=1S/C16H22N2O3/c17-16(20)13-8-10-18(11-9-13)15(19)7-4-12-21-14-5-2-1-3-6-14/h1-3,5-6,13H,4,7-12H2,(H2,17,20). The molecule has 1 fully saturated rings. The minimum absolute atomic E-state index is 0.0736. The van der Waals surface area contributed by atoms with Gasteiger partial charge in [-0.25, -0.2) is 0 Å². The fraction of sp³-hybridized carbons (Fsp3) is 0.500. The van der Waals surface area contributed by atoms with E-state index in [1.807, 2.05) is 35.2 Å². The lowest BCUT2D eigenvalue weighted by atomic mass is 9.96. The van der Waals surface area contributed by atoms with Gasteiger partial charge in [-0.3, -0.25) is 9.59 Å². The van der Waals surface area contributed by atoms with Crippen LogP contribution >= 0.6 is 0 Å². The molecule has 2 rings (SSSR count). The number of nitrogens with two attached hydrogens (primary N) is 1. The van der Waals surface area contributed by atoms with Gasteiger partial charge in [-0.05, 0) is 31.4 Å². The molecule has 21 heavy (non-hydrogen) atoms. The summed E-state index contributed by atoms with van der Waals surface area (Å²) in [7, 11) is 0. The summed E-state index contributed by atoms with van der Waals surface area (Å²) in [4.78, 5) is 24.9. The first kappa shape index (κ1) is 15.4. The lowest BCUT2D eigenvalue weighted by Gasteiger charge is -2.30. The predicted molar refractivity (Wildman–Crippen MR) is 79.7 cm³/mol. The Bertz CT molecular complexity index is 468. The largest absolute Gasteiger partial charge is 0.494 e. The summed E-state index contributed by atoms with van der Waals surface area (Å²) >= 11 is 0. The van der Waals surface area contributed by atoms with E-state index < -0.39 is 0 Å². The third-order valence-electron chi connectivity index (χ3n) is 3.80. The molecular weight excluding hydrogens is 268 g/mol. The number of hydrogen-bond donors (Lipinski definition) is 1. The van der Waals surface area contributed by atoms with E-state index in [0.29, 0.717) is 45.4 Å². The minimum atomic E-state index is -0.252. The SMILES string of the molecule is NC(=O)C1CCN(C(=O)CCCOc2ccccc2)CC1. The summed E-state index contributed by atoms with van der Waals surface area (Å²) in [6.45, 7) is 1.80. The highest BCUT2D eigenvalue weighted by atomic mass is 16.5. The lowest BCUT2D eigenvalue weighted by molar-refractivity contribution is -0.135. The molecule has 0 radical (unpaired) electrons. The fourth-order valence-electron chi connectivity index (χ4n) is 2.50. The first-order valence-corrected chi connectivity index (χ1v) is 7.42. The van der Waals surface area contributed by atoms with E-state index in [0.717, 1.165) is 5.75 Å². The lowest BCUT2D eigenvalue weighted by Crippen LogP contribution is -2.41. The molecule has 0 aromatic heterocycles. The van der Waals surface area contributed by atoms with Crippen LogP contribution in [-0.2, 0) is 9.59 Å². The molecule has 1 aromatic rings. The van der Waals surface area contributed by atoms with Gasteiger partial charge in [0.1, 0.15) is 5.75 Å². The Kier molecular flexibility index (Phi) is 5.60. The van der Waals surface area contributed by atoms with Crippen molar-refractivity contribution in [3.63, 3.8) is 0 Å². The zero-order valence-corrected chi connectivity index (χ0v) is 12.2. The van der Waals surface area contributed by atoms with Gasteiger partial charge in [0, 0.05) is 25.4 Å². The highest BCUT2D eigenvalue weighted by molar-refractivity contribution is 5.78. The average Bonchev–Trinajstić information content (AvgIpc) is 2.52. The first-order valence-electron chi connectivity index (χ1n) is 7.42. The van der Waals surface area contributed by atoms with Crippen molar-refractivity contribution < 1.29 is 14.3 Å². The topological polar surface area (TPSA) is 72.6 Å². The molecule has 0 atom stereocenters. The zero-order chi connectivity index (χ0) is 15.1. The van der Waals surface area contributed by atoms with Crippen molar-refractivity contribution in [1.82, 2.24) is 4.90 Å². The number of piperidine rings is 1. The van der Waals surface area contributed by atoms with Crippen LogP contribution in [-0.4, -0.2) is 36.4 Å². The number of carbonyl (C=O) groups is 2. The van der Waals surface area contributed by atoms with Gasteiger partial charge in [0.2, 0.25) is 11.8 Å². The fourth-order valence-corrected chi connectivity index (χ4v) is 2.50. The molecule has 0 unspecified atom stereocenters. The van der Waals surface area contributed by atoms with Crippen molar-refractivity contribution in [3.8, 4) is 5.75 Å². The van der Waals surface area contributed by atoms with Gasteiger partial charge in [0.15, 0.2) is 0 Å². The number of primary amides is 1. The average molecular weight is 290 g/mol. The highest BCUT2D eigenvalue weighted by Gasteiger charge is 2.25. The molecule has 0 saturated carbocycles. The van der Waals surface area contributed by atoms with Crippen LogP contribution in [0.5, 0.6) is 5.75 Å². The van der Waals surface area contributed by atoms with E-state index in [1.54, 1.807) is 0 Å². The molecule has 0 aliphatic carbocycles. The van der Waals surface area contributed by atoms with Gasteiger partial charge in [-0.15, -0.1) is 0 Å². The normalized spacial score (nSPS) is 15.7. The molecule has 1 aliphatic heterocycles. The van der Waals surface area contributed by atoms with Crippen LogP contribution in [0.15, 0.2) is 30.3 Å². The third kappa shape index (κ3) is 4.77. The number of ether oxygens (including phenoxy) is 1. The van der Waals surface area contributed by atoms with Crippen molar-refractivity contribution in [2.45, 2.75) is 25.7 Å². The Balaban J connectivity index is 1.63. The maximum atomic E-state index is 12.0. The molecule has 114 valence electrons. The quantitative estimate of drug-likeness (QED) is 0.808. The number of hydrogen-bond acceptors (Lipinski definition) is 3. The van der Waals surface area contributed by atoms with Crippen molar-refractivity contribution in [1.29, 1.82) is 0 Å². The number of amides is 2. The second-order valence-electron chi connectivity index (χ2n) is 5.32. The van der Waals surface area contributed by atoms with Crippen LogP contribution in [0.3, 0.4) is 0 Å². The maximum Gasteiger partial charge on any atom is 0.222 e. The van der Waals surface area contributed by atoms with E-state index in [1.165, 1.54) is 0 Å². The van der Waals surface area contributed by atoms with E-state index in [9.17, 15) is 9.59 Å². The van der Waals surface area contributed by atoms with Gasteiger partial charge in [0.25, 0.3) is 0 Å². The van der Waals surface area contributed by atoms with E-state index in [-0.39, 0.29) is 17.7 Å². The summed E-state index contributed by atoms with van der Waals surface area (Å²) in [5.41, 5.74) is 5.28. The van der Waals surface area contributed by atoms with Crippen LogP contribution in [0, 0.1) is 5.92 Å². The second kappa shape index (κ2) is 7.67. The number of para-hydroxylation sites is 1. The zero-order valence-electron chi connectivity index (χ0n) is 12.2. The molecule has 1 heterocycles. The number of nitrogens with zero attached hydrogens (tertiary/aromatic N) is 1. The summed E-state index contributed by atoms with van der Waals surface area (Å²) in [6, 6.07) is 9.58. The molecule has 0 spiro atoms. The van der Waals surface area contributed by atoms with Crippen molar-refractivity contribution in [2.75, 3.05) is 19.7 Å². The molecule has 2 N–H and O–H groups in total. The summed E-state index contributed by atoms with van der Waals surface area (Å²) in [6.07, 6.45) is 2.54. The van der Waals surface area contributed by atoms with Crippen LogP contribution in [0.2, 0.25) is 0 Å². The second-order valence-corrected chi connectivity index (χ2v) is 5.32. The summed E-state index contributed by atoms with van der Waals surface area (Å²) in [5.74, 6) is 0.635. The first-order chi connectivity index (χ1) is 10.2. The Hall–Kier alpha value is -2.04. The molecule has 5 heteroatoms. The Morgan fingerprint density at radius 1 is 1.19 bits per heavy atom. The van der Waals surface area contributed by atoms with Gasteiger partial charge in [-0.1, -0.05) is 18.2 Å². The van der Waals surface area contributed by atoms with E-state index >= 15 is 0 Å². The summed E-state index contributed by atoms with van der Waals surface area (Å²) in [5, 5.41) is 0. The number of rotatable bonds is 6. The molecule has 5 nitrogen and oxygen atoms in total. The van der Waals surface area contributed by atoms with Gasteiger partial charge < -0.3 is 15.4 Å². The van der Waals surface area contributed by atoms with Crippen LogP contribution in [0.1, 0.15) is 25.7 Å². The van der Waals surface area contributed by atoms with Crippen LogP contribution in [0.25, 0.3) is 0 Å². The highest BCUT2D eigenvalue weighted by Crippen LogP contribution is 2.17. The van der Waals surface area contributed by atoms with E-state index in [4.69, 9.17) is 10.5 Å². The summed E-state index contributed by atoms with van der Waals surface area (Å²) < 4.78 is 5.56. The van der Waals surface area contributed by atoms with Crippen molar-refractivity contribution in [3.05, 3.63) is 30.3 Å². The Morgan fingerprint density at radius 3 is 2.48 bits per heavy atom. The molecule has 2 amide bonds. The molecule has 1 saturated heterocycles. The molecule has 1 aliphatic rings. The van der Waals surface area contributed by atoms with Gasteiger partial charge in [-0.2, -0.15) is 0 Å². The van der Waals surface area contributed by atoms with Crippen molar-refractivity contribution in [2.24, 2.45) is 11.7 Å². The minimum Gasteiger partial charge on any atom is -0.494 e. The number of benzene rings is 1. The Morgan fingerprint density at radius 2 is 1.86 bits per heavy atom. The molecular formula is C16H22N2O3. The third-order valence-corrected chi connectivity index (χ3v) is 3.80.